The molecule has 0 saturated carbocycles. The van der Waals surface area contributed by atoms with Gasteiger partial charge >= 0.3 is 6.09 Å². The molecule has 176 valence electrons. The number of carbonyl (C=O) groups is 1. The third-order valence-corrected chi connectivity index (χ3v) is 11.3. The van der Waals surface area contributed by atoms with E-state index >= 15 is 0 Å². The number of nitrogens with zero attached hydrogens (tertiary/aromatic N) is 4. The second-order valence-electron chi connectivity index (χ2n) is 10.0. The molecule has 0 radical (unpaired) electrons. The molecule has 1 aromatic carbocycles. The Balaban J connectivity index is 1.72. The Morgan fingerprint density at radius 2 is 1.94 bits per heavy atom. The summed E-state index contributed by atoms with van der Waals surface area (Å²) >= 11 is 0. The van der Waals surface area contributed by atoms with E-state index in [1.807, 2.05) is 23.0 Å². The molecular formula is C23H36N4O4Si. The average Bonchev–Trinajstić information content (AvgIpc) is 3.20. The van der Waals surface area contributed by atoms with Crippen LogP contribution in [0.4, 0.5) is 4.79 Å². The number of hydrogen-bond donors (Lipinski definition) is 1. The van der Waals surface area contributed by atoms with Crippen LogP contribution in [-0.4, -0.2) is 65.7 Å². The summed E-state index contributed by atoms with van der Waals surface area (Å²) in [5, 5.41) is 18.4. The van der Waals surface area contributed by atoms with Crippen LogP contribution in [0.3, 0.4) is 0 Å². The molecule has 1 aromatic heterocycles. The summed E-state index contributed by atoms with van der Waals surface area (Å²) in [7, 11) is -0.415. The lowest BCUT2D eigenvalue weighted by molar-refractivity contribution is 0.0557. The molecule has 32 heavy (non-hydrogen) atoms. The molecule has 2 heterocycles. The van der Waals surface area contributed by atoms with Crippen LogP contribution in [0.25, 0.3) is 0 Å². The third-order valence-electron chi connectivity index (χ3n) is 6.81. The zero-order chi connectivity index (χ0) is 23.5. The van der Waals surface area contributed by atoms with E-state index in [1.165, 1.54) is 10.5 Å². The van der Waals surface area contributed by atoms with Crippen LogP contribution < -0.4 is 4.74 Å². The van der Waals surface area contributed by atoms with E-state index in [0.29, 0.717) is 19.5 Å². The van der Waals surface area contributed by atoms with Crippen LogP contribution in [0, 0.1) is 0 Å². The van der Waals surface area contributed by atoms with Crippen molar-refractivity contribution >= 4 is 14.4 Å². The maximum Gasteiger partial charge on any atom is 0.407 e. The SMILES string of the molecule is COc1ccc(CCn2cc([C@@H]3CCN(C(=O)O)C[C@H]3O[Si](C)(C)C(C)(C)C)nn2)cc1. The van der Waals surface area contributed by atoms with E-state index in [-0.39, 0.29) is 17.1 Å². The summed E-state index contributed by atoms with van der Waals surface area (Å²) in [6.07, 6.45) is 2.41. The monoisotopic (exact) mass is 460 g/mol. The highest BCUT2D eigenvalue weighted by atomic mass is 28.4. The molecule has 2 atom stereocenters. The van der Waals surface area contributed by atoms with E-state index in [0.717, 1.165) is 24.4 Å². The fraction of sp³-hybridized carbons (Fsp3) is 0.609. The van der Waals surface area contributed by atoms with E-state index in [2.05, 4.69) is 56.3 Å². The maximum atomic E-state index is 11.6. The molecule has 1 amide bonds. The average molecular weight is 461 g/mol. The molecule has 1 aliphatic rings. The Morgan fingerprint density at radius 3 is 2.53 bits per heavy atom. The molecule has 1 aliphatic heterocycles. The number of aromatic nitrogens is 3. The number of benzene rings is 1. The number of carboxylic acid groups (broad SMARTS) is 1. The summed E-state index contributed by atoms with van der Waals surface area (Å²) in [6, 6.07) is 8.03. The summed E-state index contributed by atoms with van der Waals surface area (Å²) in [4.78, 5) is 13.1. The van der Waals surface area contributed by atoms with Crippen molar-refractivity contribution < 1.29 is 19.1 Å². The number of rotatable bonds is 7. The van der Waals surface area contributed by atoms with Gasteiger partial charge in [0.1, 0.15) is 5.75 Å². The summed E-state index contributed by atoms with van der Waals surface area (Å²) < 4.78 is 13.8. The predicted octanol–water partition coefficient (Wildman–Crippen LogP) is 4.39. The molecule has 3 rings (SSSR count). The minimum atomic E-state index is -2.08. The van der Waals surface area contributed by atoms with Crippen LogP contribution in [0.5, 0.6) is 5.75 Å². The third kappa shape index (κ3) is 5.69. The molecule has 8 nitrogen and oxygen atoms in total. The highest BCUT2D eigenvalue weighted by molar-refractivity contribution is 6.74. The molecule has 0 unspecified atom stereocenters. The summed E-state index contributed by atoms with van der Waals surface area (Å²) in [6.45, 7) is 12.6. The van der Waals surface area contributed by atoms with Gasteiger partial charge in [-0.05, 0) is 48.7 Å². The molecule has 0 aliphatic carbocycles. The number of hydrogen-bond acceptors (Lipinski definition) is 5. The van der Waals surface area contributed by atoms with Crippen molar-refractivity contribution in [1.82, 2.24) is 19.9 Å². The van der Waals surface area contributed by atoms with Gasteiger partial charge in [-0.25, -0.2) is 4.79 Å². The molecule has 0 bridgehead atoms. The van der Waals surface area contributed by atoms with Crippen LogP contribution in [0.2, 0.25) is 18.1 Å². The quantitative estimate of drug-likeness (QED) is 0.617. The molecule has 2 aromatic rings. The standard InChI is InChI=1S/C23H36N4O4Si/c1-23(2,3)32(5,6)31-21-16-26(22(28)29)13-12-19(21)20-15-27(25-24-20)14-11-17-7-9-18(30-4)10-8-17/h7-10,15,19,21H,11-14,16H2,1-6H3,(H,28,29)/t19-,21+/m0/s1. The largest absolute Gasteiger partial charge is 0.497 e. The van der Waals surface area contributed by atoms with Gasteiger partial charge in [-0.3, -0.25) is 4.68 Å². The first-order valence-corrected chi connectivity index (χ1v) is 14.1. The van der Waals surface area contributed by atoms with Gasteiger partial charge in [-0.2, -0.15) is 0 Å². The number of amides is 1. The predicted molar refractivity (Wildman–Crippen MR) is 126 cm³/mol. The van der Waals surface area contributed by atoms with Gasteiger partial charge in [0.05, 0.1) is 18.9 Å². The van der Waals surface area contributed by atoms with Gasteiger partial charge in [0, 0.05) is 31.7 Å². The van der Waals surface area contributed by atoms with E-state index in [9.17, 15) is 9.90 Å². The first-order chi connectivity index (χ1) is 15.0. The topological polar surface area (TPSA) is 89.7 Å². The fourth-order valence-corrected chi connectivity index (χ4v) is 5.08. The first kappa shape index (κ1) is 24.3. The van der Waals surface area contributed by atoms with E-state index in [4.69, 9.17) is 9.16 Å². The summed E-state index contributed by atoms with van der Waals surface area (Å²) in [5.41, 5.74) is 2.09. The van der Waals surface area contributed by atoms with Gasteiger partial charge in [-0.15, -0.1) is 5.10 Å². The number of likely N-dealkylation sites (tertiary alicyclic amines) is 1. The van der Waals surface area contributed by atoms with Crippen LogP contribution in [-0.2, 0) is 17.4 Å². The number of aryl methyl sites for hydroxylation is 2. The van der Waals surface area contributed by atoms with Crippen LogP contribution >= 0.6 is 0 Å². The van der Waals surface area contributed by atoms with Crippen LogP contribution in [0.1, 0.15) is 44.4 Å². The van der Waals surface area contributed by atoms with Crippen molar-refractivity contribution in [2.75, 3.05) is 20.2 Å². The molecule has 0 spiro atoms. The van der Waals surface area contributed by atoms with E-state index in [1.54, 1.807) is 7.11 Å². The van der Waals surface area contributed by atoms with Gasteiger partial charge in [0.15, 0.2) is 8.32 Å². The minimum absolute atomic E-state index is 0.0365. The minimum Gasteiger partial charge on any atom is -0.497 e. The Morgan fingerprint density at radius 1 is 1.25 bits per heavy atom. The van der Waals surface area contributed by atoms with E-state index < -0.39 is 14.4 Å². The Hall–Kier alpha value is -2.39. The van der Waals surface area contributed by atoms with Crippen molar-refractivity contribution in [2.45, 2.75) is 70.3 Å². The lowest BCUT2D eigenvalue weighted by atomic mass is 9.91. The van der Waals surface area contributed by atoms with Crippen molar-refractivity contribution in [3.8, 4) is 5.75 Å². The van der Waals surface area contributed by atoms with Gasteiger partial charge in [-0.1, -0.05) is 38.1 Å². The maximum absolute atomic E-state index is 11.6. The number of piperidine rings is 1. The van der Waals surface area contributed by atoms with Crippen molar-refractivity contribution in [1.29, 1.82) is 0 Å². The fourth-order valence-electron chi connectivity index (χ4n) is 3.73. The smallest absolute Gasteiger partial charge is 0.407 e. The van der Waals surface area contributed by atoms with Crippen molar-refractivity contribution in [2.24, 2.45) is 0 Å². The molecule has 1 N–H and O–H groups in total. The lowest BCUT2D eigenvalue weighted by Crippen LogP contribution is -2.52. The normalized spacial score (nSPS) is 19.8. The van der Waals surface area contributed by atoms with Crippen molar-refractivity contribution in [3.63, 3.8) is 0 Å². The van der Waals surface area contributed by atoms with Crippen molar-refractivity contribution in [3.05, 3.63) is 41.7 Å². The Labute approximate surface area is 191 Å². The van der Waals surface area contributed by atoms with Gasteiger partial charge in [0.25, 0.3) is 0 Å². The van der Waals surface area contributed by atoms with Crippen LogP contribution in [0.15, 0.2) is 30.5 Å². The second kappa shape index (κ2) is 9.62. The van der Waals surface area contributed by atoms with Gasteiger partial charge in [0.2, 0.25) is 0 Å². The number of methoxy groups -OCH3 is 1. The lowest BCUT2D eigenvalue weighted by Gasteiger charge is -2.44. The first-order valence-electron chi connectivity index (χ1n) is 11.2. The molecule has 9 heteroatoms. The Kier molecular flexibility index (Phi) is 7.29. The zero-order valence-corrected chi connectivity index (χ0v) is 21.0. The van der Waals surface area contributed by atoms with Gasteiger partial charge < -0.3 is 19.2 Å². The second-order valence-corrected chi connectivity index (χ2v) is 14.8. The zero-order valence-electron chi connectivity index (χ0n) is 20.0. The highest BCUT2D eigenvalue weighted by Crippen LogP contribution is 2.40. The molecule has 1 saturated heterocycles. The number of ether oxygens (including phenoxy) is 1. The highest BCUT2D eigenvalue weighted by Gasteiger charge is 2.43. The summed E-state index contributed by atoms with van der Waals surface area (Å²) in [5.74, 6) is 0.881. The Bertz CT molecular complexity index is 907. The molecular weight excluding hydrogens is 424 g/mol. The molecule has 1 fully saturated rings.